The van der Waals surface area contributed by atoms with Gasteiger partial charge in [-0.1, -0.05) is 24.3 Å². The number of amides is 1. The zero-order valence-electron chi connectivity index (χ0n) is 19.9. The molecule has 184 valence electrons. The molecule has 0 aliphatic carbocycles. The van der Waals surface area contributed by atoms with E-state index in [4.69, 9.17) is 15.1 Å². The second-order valence-electron chi connectivity index (χ2n) is 8.59. The van der Waals surface area contributed by atoms with E-state index in [9.17, 15) is 9.90 Å². The van der Waals surface area contributed by atoms with Gasteiger partial charge >= 0.3 is 0 Å². The first-order valence-electron chi connectivity index (χ1n) is 11.6. The number of carbonyl (C=O) groups is 1. The van der Waals surface area contributed by atoms with E-state index in [-0.39, 0.29) is 29.3 Å². The Labute approximate surface area is 212 Å². The summed E-state index contributed by atoms with van der Waals surface area (Å²) in [7, 11) is 1.60. The molecule has 3 heterocycles. The summed E-state index contributed by atoms with van der Waals surface area (Å²) in [4.78, 5) is 19.9. The minimum atomic E-state index is -0.232. The van der Waals surface area contributed by atoms with E-state index in [1.807, 2.05) is 37.3 Å². The molecular weight excluding hydrogens is 476 g/mol. The van der Waals surface area contributed by atoms with Crippen molar-refractivity contribution in [3.05, 3.63) is 71.3 Å². The van der Waals surface area contributed by atoms with Crippen molar-refractivity contribution in [3.8, 4) is 5.88 Å². The van der Waals surface area contributed by atoms with Crippen molar-refractivity contribution < 1.29 is 14.6 Å². The minimum absolute atomic E-state index is 0.0341. The lowest BCUT2D eigenvalue weighted by molar-refractivity contribution is 0.0988. The number of aromatic hydroxyl groups is 1. The Morgan fingerprint density at radius 1 is 1.25 bits per heavy atom. The molecule has 5 rings (SSSR count). The van der Waals surface area contributed by atoms with E-state index in [1.165, 1.54) is 0 Å². The van der Waals surface area contributed by atoms with Crippen LogP contribution in [-0.4, -0.2) is 52.5 Å². The summed E-state index contributed by atoms with van der Waals surface area (Å²) in [6.07, 6.45) is 0.665. The van der Waals surface area contributed by atoms with E-state index in [0.717, 1.165) is 34.4 Å². The van der Waals surface area contributed by atoms with E-state index < -0.39 is 0 Å². The molecule has 10 heteroatoms. The van der Waals surface area contributed by atoms with Crippen LogP contribution in [0.1, 0.15) is 28.4 Å². The molecule has 1 aliphatic heterocycles. The number of nitrogens with one attached hydrogen (secondary N) is 3. The second kappa shape index (κ2) is 9.92. The van der Waals surface area contributed by atoms with Crippen molar-refractivity contribution in [1.29, 1.82) is 5.41 Å². The number of nitrogens with zero attached hydrogens (tertiary/aromatic N) is 3. The standard InChI is InChI=1S/C26H26N6O3S/c1-15(35-2)14-28-22(27)21-24(33)31-36-25(21)29-19-8-5-7-18(13-19)26(34)32-11-10-17-12-16-6-3-4-9-20(16)30-23(17)32/h3-9,12-13,15,29H,10-11,14H2,1-2H3,(H2,27,28)(H,31,33). The van der Waals surface area contributed by atoms with Crippen molar-refractivity contribution in [3.63, 3.8) is 0 Å². The highest BCUT2D eigenvalue weighted by molar-refractivity contribution is 7.11. The van der Waals surface area contributed by atoms with Crippen LogP contribution in [0, 0.1) is 5.41 Å². The van der Waals surface area contributed by atoms with Gasteiger partial charge in [0.25, 0.3) is 5.91 Å². The number of ether oxygens (including phenoxy) is 1. The summed E-state index contributed by atoms with van der Waals surface area (Å²) >= 11 is 1.04. The van der Waals surface area contributed by atoms with Gasteiger partial charge in [-0.3, -0.25) is 15.1 Å². The highest BCUT2D eigenvalue weighted by Gasteiger charge is 2.28. The number of hydrogen-bond acceptors (Lipinski definition) is 8. The average molecular weight is 503 g/mol. The fourth-order valence-electron chi connectivity index (χ4n) is 4.13. The van der Waals surface area contributed by atoms with Gasteiger partial charge in [0, 0.05) is 36.8 Å². The highest BCUT2D eigenvalue weighted by Crippen LogP contribution is 2.33. The maximum absolute atomic E-state index is 13.5. The van der Waals surface area contributed by atoms with Crippen LogP contribution in [0.25, 0.3) is 10.9 Å². The molecule has 0 spiro atoms. The third-order valence-electron chi connectivity index (χ3n) is 6.15. The Kier molecular flexibility index (Phi) is 6.53. The number of benzene rings is 2. The van der Waals surface area contributed by atoms with Gasteiger partial charge in [-0.25, -0.2) is 4.98 Å². The number of methoxy groups -OCH3 is 1. The molecular formula is C26H26N6O3S. The molecule has 1 amide bonds. The first-order valence-corrected chi connectivity index (χ1v) is 12.3. The van der Waals surface area contributed by atoms with Crippen LogP contribution in [0.5, 0.6) is 5.88 Å². The van der Waals surface area contributed by atoms with Gasteiger partial charge in [0.15, 0.2) is 0 Å². The average Bonchev–Trinajstić information content (AvgIpc) is 3.47. The maximum atomic E-state index is 13.5. The largest absolute Gasteiger partial charge is 0.492 e. The summed E-state index contributed by atoms with van der Waals surface area (Å²) in [5.41, 5.74) is 3.36. The van der Waals surface area contributed by atoms with Gasteiger partial charge in [-0.15, -0.1) is 0 Å². The lowest BCUT2D eigenvalue weighted by Crippen LogP contribution is -2.31. The van der Waals surface area contributed by atoms with Gasteiger partial charge in [0.2, 0.25) is 5.88 Å². The van der Waals surface area contributed by atoms with Crippen LogP contribution in [0.15, 0.2) is 54.6 Å². The first kappa shape index (κ1) is 23.7. The van der Waals surface area contributed by atoms with Crippen molar-refractivity contribution in [2.45, 2.75) is 19.4 Å². The second-order valence-corrected chi connectivity index (χ2v) is 9.36. The molecule has 36 heavy (non-hydrogen) atoms. The lowest BCUT2D eigenvalue weighted by atomic mass is 10.1. The third kappa shape index (κ3) is 4.60. The minimum Gasteiger partial charge on any atom is -0.492 e. The molecule has 0 saturated heterocycles. The quantitative estimate of drug-likeness (QED) is 0.220. The number of rotatable bonds is 7. The van der Waals surface area contributed by atoms with Crippen LogP contribution < -0.4 is 15.5 Å². The van der Waals surface area contributed by atoms with Crippen LogP contribution in [0.3, 0.4) is 0 Å². The number of pyridine rings is 1. The van der Waals surface area contributed by atoms with Crippen molar-refractivity contribution in [2.24, 2.45) is 0 Å². The van der Waals surface area contributed by atoms with Gasteiger partial charge in [-0.2, -0.15) is 4.37 Å². The predicted molar refractivity (Wildman–Crippen MR) is 142 cm³/mol. The van der Waals surface area contributed by atoms with E-state index >= 15 is 0 Å². The summed E-state index contributed by atoms with van der Waals surface area (Å²) in [6.45, 7) is 2.86. The number of para-hydroxylation sites is 1. The monoisotopic (exact) mass is 502 g/mol. The zero-order valence-corrected chi connectivity index (χ0v) is 20.7. The number of fused-ring (bicyclic) bond motifs is 2. The third-order valence-corrected chi connectivity index (χ3v) is 6.90. The number of hydrogen-bond donors (Lipinski definition) is 4. The van der Waals surface area contributed by atoms with Crippen molar-refractivity contribution in [2.75, 3.05) is 30.4 Å². The lowest BCUT2D eigenvalue weighted by Gasteiger charge is -2.17. The molecule has 9 nitrogen and oxygen atoms in total. The number of amidine groups is 1. The summed E-state index contributed by atoms with van der Waals surface area (Å²) in [5.74, 6) is 0.378. The molecule has 1 unspecified atom stereocenters. The van der Waals surface area contributed by atoms with Gasteiger partial charge < -0.3 is 20.5 Å². The first-order chi connectivity index (χ1) is 17.4. The summed E-state index contributed by atoms with van der Waals surface area (Å²) in [5, 5.41) is 26.3. The molecule has 0 bridgehead atoms. The molecule has 2 aromatic carbocycles. The molecule has 4 aromatic rings. The predicted octanol–water partition coefficient (Wildman–Crippen LogP) is 4.29. The van der Waals surface area contributed by atoms with Crippen LogP contribution in [0.2, 0.25) is 0 Å². The summed E-state index contributed by atoms with van der Waals surface area (Å²) in [6, 6.07) is 17.2. The van der Waals surface area contributed by atoms with E-state index in [2.05, 4.69) is 21.1 Å². The zero-order chi connectivity index (χ0) is 25.2. The fourth-order valence-corrected chi connectivity index (χ4v) is 4.85. The van der Waals surface area contributed by atoms with Gasteiger partial charge in [0.1, 0.15) is 22.2 Å². The van der Waals surface area contributed by atoms with Gasteiger partial charge in [-0.05, 0) is 60.8 Å². The van der Waals surface area contributed by atoms with Crippen molar-refractivity contribution in [1.82, 2.24) is 14.7 Å². The molecule has 0 saturated carbocycles. The SMILES string of the molecule is COC(C)CNC(=N)c1c(O)nsc1Nc1cccc(C(=O)N2CCc3cc4ccccc4nc32)c1. The number of carbonyl (C=O) groups excluding carboxylic acids is 1. The molecule has 1 atom stereocenters. The Hall–Kier alpha value is -4.02. The Morgan fingerprint density at radius 2 is 2.08 bits per heavy atom. The fraction of sp³-hybridized carbons (Fsp3) is 0.231. The molecule has 4 N–H and O–H groups in total. The Bertz CT molecular complexity index is 1450. The van der Waals surface area contributed by atoms with Gasteiger partial charge in [0.05, 0.1) is 11.6 Å². The molecule has 0 fully saturated rings. The highest BCUT2D eigenvalue weighted by atomic mass is 32.1. The van der Waals surface area contributed by atoms with E-state index in [1.54, 1.807) is 30.2 Å². The topological polar surface area (TPSA) is 123 Å². The molecule has 1 aliphatic rings. The maximum Gasteiger partial charge on any atom is 0.259 e. The number of anilines is 3. The van der Waals surface area contributed by atoms with Crippen molar-refractivity contribution >= 4 is 50.7 Å². The van der Waals surface area contributed by atoms with E-state index in [0.29, 0.717) is 35.2 Å². The van der Waals surface area contributed by atoms with Crippen LogP contribution >= 0.6 is 11.5 Å². The molecule has 0 radical (unpaired) electrons. The van der Waals surface area contributed by atoms with Crippen LogP contribution in [-0.2, 0) is 11.2 Å². The smallest absolute Gasteiger partial charge is 0.259 e. The molecule has 2 aromatic heterocycles. The Balaban J connectivity index is 1.36. The number of aromatic nitrogens is 2. The van der Waals surface area contributed by atoms with Crippen LogP contribution in [0.4, 0.5) is 16.5 Å². The summed E-state index contributed by atoms with van der Waals surface area (Å²) < 4.78 is 9.19. The Morgan fingerprint density at radius 3 is 2.92 bits per heavy atom. The normalized spacial score (nSPS) is 13.4.